The van der Waals surface area contributed by atoms with Crippen molar-refractivity contribution in [2.45, 2.75) is 11.8 Å². The highest BCUT2D eigenvalue weighted by atomic mass is 32.2. The van der Waals surface area contributed by atoms with E-state index in [-0.39, 0.29) is 0 Å². The van der Waals surface area contributed by atoms with E-state index in [0.29, 0.717) is 0 Å². The van der Waals surface area contributed by atoms with Crippen LogP contribution in [0.25, 0.3) is 0 Å². The van der Waals surface area contributed by atoms with Gasteiger partial charge >= 0.3 is 0 Å². The van der Waals surface area contributed by atoms with Crippen molar-refractivity contribution in [3.63, 3.8) is 0 Å². The Hall–Kier alpha value is -0.970. The molecule has 0 amide bonds. The summed E-state index contributed by atoms with van der Waals surface area (Å²) in [6.07, 6.45) is 3.41. The summed E-state index contributed by atoms with van der Waals surface area (Å²) in [5, 5.41) is 0. The highest BCUT2D eigenvalue weighted by Gasteiger charge is 2.08. The minimum atomic E-state index is -4.44. The van der Waals surface area contributed by atoms with E-state index in [1.807, 2.05) is 0 Å². The maximum absolute atomic E-state index is 10.3. The van der Waals surface area contributed by atoms with Crippen LogP contribution >= 0.6 is 0 Å². The quantitative estimate of drug-likeness (QED) is 0.443. The van der Waals surface area contributed by atoms with Crippen LogP contribution in [0.15, 0.2) is 18.7 Å². The first-order valence-corrected chi connectivity index (χ1v) is 6.73. The zero-order valence-electron chi connectivity index (χ0n) is 7.31. The van der Waals surface area contributed by atoms with Crippen LogP contribution in [-0.4, -0.2) is 30.5 Å². The van der Waals surface area contributed by atoms with Crippen LogP contribution in [0.2, 0.25) is 0 Å². The Kier molecular flexibility index (Phi) is 3.13. The second-order valence-electron chi connectivity index (χ2n) is 2.82. The third-order valence-corrected chi connectivity index (χ3v) is 2.59. The van der Waals surface area contributed by atoms with E-state index in [1.165, 1.54) is 12.4 Å². The fourth-order valence-electron chi connectivity index (χ4n) is 0.957. The van der Waals surface area contributed by atoms with Crippen LogP contribution in [0.3, 0.4) is 0 Å². The molecule has 8 nitrogen and oxygen atoms in total. The number of aromatic nitrogens is 2. The van der Waals surface area contributed by atoms with Gasteiger partial charge in [0.1, 0.15) is 32.6 Å². The molecular weight excluding hydrogens is 248 g/mol. The maximum atomic E-state index is 10.3. The molecule has 0 fully saturated rings. The second-order valence-corrected chi connectivity index (χ2v) is 5.56. The number of hydrogen-bond donors (Lipinski definition) is 0. The Morgan fingerprint density at radius 2 is 1.73 bits per heavy atom. The Morgan fingerprint density at radius 3 is 2.20 bits per heavy atom. The largest absolute Gasteiger partial charge is 0.745 e. The Morgan fingerprint density at radius 1 is 1.13 bits per heavy atom. The molecule has 1 aromatic rings. The zero-order valence-corrected chi connectivity index (χ0v) is 8.94. The topological polar surface area (TPSA) is 123 Å². The molecule has 0 aromatic carbocycles. The van der Waals surface area contributed by atoms with Crippen molar-refractivity contribution < 1.29 is 30.5 Å². The van der Waals surface area contributed by atoms with Gasteiger partial charge in [0.2, 0.25) is 6.33 Å². The van der Waals surface area contributed by atoms with E-state index < -0.39 is 32.0 Å². The summed E-state index contributed by atoms with van der Waals surface area (Å²) in [6, 6.07) is 0. The van der Waals surface area contributed by atoms with E-state index in [2.05, 4.69) is 0 Å². The van der Waals surface area contributed by atoms with E-state index >= 15 is 0 Å². The highest BCUT2D eigenvalue weighted by molar-refractivity contribution is 7.84. The van der Waals surface area contributed by atoms with E-state index in [0.717, 1.165) is 15.5 Å². The van der Waals surface area contributed by atoms with Gasteiger partial charge in [-0.25, -0.2) is 26.0 Å². The molecule has 1 rings (SSSR count). The molecule has 0 unspecified atom stereocenters. The van der Waals surface area contributed by atoms with Gasteiger partial charge in [0.05, 0.1) is 0 Å². The maximum Gasteiger partial charge on any atom is 0.245 e. The van der Waals surface area contributed by atoms with Crippen LogP contribution in [-0.2, 0) is 32.0 Å². The first-order valence-electron chi connectivity index (χ1n) is 3.58. The van der Waals surface area contributed by atoms with Crippen LogP contribution in [0.5, 0.6) is 0 Å². The number of imidazole rings is 1. The molecule has 0 atom stereocenters. The molecule has 15 heavy (non-hydrogen) atoms. The summed E-state index contributed by atoms with van der Waals surface area (Å²) in [7, 11) is -8.87. The molecule has 0 aliphatic heterocycles. The molecule has 1 heterocycles. The van der Waals surface area contributed by atoms with E-state index in [1.54, 1.807) is 0 Å². The van der Waals surface area contributed by atoms with Gasteiger partial charge in [0.15, 0.2) is 11.8 Å². The molecule has 0 radical (unpaired) electrons. The normalized spacial score (nSPS) is 12.9. The van der Waals surface area contributed by atoms with Gasteiger partial charge in [-0.15, -0.1) is 0 Å². The lowest BCUT2D eigenvalue weighted by molar-refractivity contribution is -0.677. The van der Waals surface area contributed by atoms with Gasteiger partial charge in [-0.2, -0.15) is 0 Å². The summed E-state index contributed by atoms with van der Waals surface area (Å²) in [4.78, 5) is 0. The Labute approximate surface area is 86.3 Å². The first-order chi connectivity index (χ1) is 6.66. The molecule has 0 saturated heterocycles. The average Bonchev–Trinajstić information content (AvgIpc) is 2.28. The molecule has 0 aliphatic carbocycles. The van der Waals surface area contributed by atoms with Crippen LogP contribution in [0, 0.1) is 0 Å². The van der Waals surface area contributed by atoms with Crippen molar-refractivity contribution in [3.05, 3.63) is 18.7 Å². The van der Waals surface area contributed by atoms with Crippen LogP contribution in [0.1, 0.15) is 0 Å². The summed E-state index contributed by atoms with van der Waals surface area (Å²) in [5.41, 5.74) is 0. The summed E-state index contributed by atoms with van der Waals surface area (Å²) < 4.78 is 63.9. The predicted octanol–water partition coefficient (Wildman–Crippen LogP) is -2.22. The van der Waals surface area contributed by atoms with Gasteiger partial charge in [-0.3, -0.25) is 0 Å². The second kappa shape index (κ2) is 3.89. The first kappa shape index (κ1) is 12.1. The molecule has 0 N–H and O–H groups in total. The van der Waals surface area contributed by atoms with Crippen molar-refractivity contribution in [1.82, 2.24) is 4.57 Å². The molecule has 1 aromatic heterocycles. The lowest BCUT2D eigenvalue weighted by Gasteiger charge is -2.03. The number of nitrogens with zero attached hydrogens (tertiary/aromatic N) is 2. The minimum absolute atomic E-state index is 0.807. The number of rotatable bonds is 4. The minimum Gasteiger partial charge on any atom is -0.745 e. The van der Waals surface area contributed by atoms with Crippen molar-refractivity contribution in [3.8, 4) is 0 Å². The zero-order chi connectivity index (χ0) is 11.7. The molecule has 0 bridgehead atoms. The van der Waals surface area contributed by atoms with Gasteiger partial charge in [0.25, 0.3) is 0 Å². The standard InChI is InChI=1S/C5H8N2O6S2/c8-14(9,10)4-6-1-2-7(3-6)5-15(11,12)13/h1-3H,4-5H2,(H-,8,9,10,11,12,13)/p-1. The van der Waals surface area contributed by atoms with Crippen LogP contribution in [0.4, 0.5) is 0 Å². The van der Waals surface area contributed by atoms with Crippen molar-refractivity contribution in [2.75, 3.05) is 0 Å². The average molecular weight is 255 g/mol. The van der Waals surface area contributed by atoms with Crippen molar-refractivity contribution >= 4 is 20.2 Å². The summed E-state index contributed by atoms with van der Waals surface area (Å²) in [6.45, 7) is 0. The highest BCUT2D eigenvalue weighted by Crippen LogP contribution is 1.91. The summed E-state index contributed by atoms with van der Waals surface area (Å²) in [5.74, 6) is -1.61. The summed E-state index contributed by atoms with van der Waals surface area (Å²) >= 11 is 0. The molecule has 10 heteroatoms. The smallest absolute Gasteiger partial charge is 0.245 e. The fraction of sp³-hybridized carbons (Fsp3) is 0.400. The number of hydrogen-bond acceptors (Lipinski definition) is 6. The van der Waals surface area contributed by atoms with Gasteiger partial charge < -0.3 is 9.11 Å². The van der Waals surface area contributed by atoms with Gasteiger partial charge in [0, 0.05) is 0 Å². The third-order valence-electron chi connectivity index (χ3n) is 1.36. The van der Waals surface area contributed by atoms with Gasteiger partial charge in [-0.05, 0) is 0 Å². The third kappa shape index (κ3) is 4.88. The van der Waals surface area contributed by atoms with Crippen molar-refractivity contribution in [2.24, 2.45) is 0 Å². The van der Waals surface area contributed by atoms with E-state index in [4.69, 9.17) is 0 Å². The predicted molar refractivity (Wildman–Crippen MR) is 44.0 cm³/mol. The molecule has 0 saturated carbocycles. The molecule has 0 spiro atoms. The molecular formula is C5H7N2O6S2-. The Balaban J connectivity index is 2.82. The monoisotopic (exact) mass is 255 g/mol. The SMILES string of the molecule is O=S(=O)([O-])Cn1cc[n+](CS(=O)(=O)[O-])c1. The lowest BCUT2D eigenvalue weighted by Crippen LogP contribution is -2.35. The van der Waals surface area contributed by atoms with Crippen LogP contribution < -0.4 is 4.57 Å². The van der Waals surface area contributed by atoms with Gasteiger partial charge in [-0.1, -0.05) is 0 Å². The molecule has 0 aliphatic rings. The molecule has 86 valence electrons. The van der Waals surface area contributed by atoms with E-state index in [9.17, 15) is 25.9 Å². The lowest BCUT2D eigenvalue weighted by atomic mass is 10.9. The fourth-order valence-corrected chi connectivity index (χ4v) is 1.99. The Bertz CT molecular complexity index is 493. The van der Waals surface area contributed by atoms with Crippen molar-refractivity contribution in [1.29, 1.82) is 0 Å².